The predicted octanol–water partition coefficient (Wildman–Crippen LogP) is 3.33. The summed E-state index contributed by atoms with van der Waals surface area (Å²) >= 11 is 2.83. The Kier molecular flexibility index (Phi) is 5.46. The van der Waals surface area contributed by atoms with Crippen LogP contribution in [0.4, 0.5) is 0 Å². The third kappa shape index (κ3) is 3.80. The molecule has 0 saturated carbocycles. The number of carbonyl (C=O) groups excluding carboxylic acids is 1. The first-order valence-corrected chi connectivity index (χ1v) is 8.38. The summed E-state index contributed by atoms with van der Waals surface area (Å²) in [4.78, 5) is 29.3. The number of carbonyl (C=O) groups is 2. The van der Waals surface area contributed by atoms with E-state index in [1.165, 1.54) is 11.3 Å². The summed E-state index contributed by atoms with van der Waals surface area (Å²) in [5.41, 5.74) is 0.610. The zero-order valence-electron chi connectivity index (χ0n) is 12.0. The molecule has 0 fully saturated rings. The van der Waals surface area contributed by atoms with E-state index in [2.05, 4.69) is 16.9 Å². The lowest BCUT2D eigenvalue weighted by Crippen LogP contribution is -2.40. The maximum absolute atomic E-state index is 12.3. The second kappa shape index (κ2) is 7.33. The van der Waals surface area contributed by atoms with Gasteiger partial charge in [-0.1, -0.05) is 12.1 Å². The predicted molar refractivity (Wildman–Crippen MR) is 88.5 cm³/mol. The molecule has 0 aliphatic heterocycles. The van der Waals surface area contributed by atoms with Gasteiger partial charge in [0.15, 0.2) is 0 Å². The van der Waals surface area contributed by atoms with E-state index in [-0.39, 0.29) is 0 Å². The summed E-state index contributed by atoms with van der Waals surface area (Å²) in [6.07, 6.45) is 2.48. The van der Waals surface area contributed by atoms with Gasteiger partial charge < -0.3 is 10.4 Å². The van der Waals surface area contributed by atoms with E-state index < -0.39 is 17.9 Å². The molecule has 0 aliphatic rings. The summed E-state index contributed by atoms with van der Waals surface area (Å²) in [6.45, 7) is 5.31. The quantitative estimate of drug-likeness (QED) is 0.760. The number of hydrogen-bond acceptors (Lipinski definition) is 5. The van der Waals surface area contributed by atoms with E-state index >= 15 is 0 Å². The van der Waals surface area contributed by atoms with Crippen LogP contribution in [0.15, 0.2) is 30.2 Å². The fraction of sp³-hybridized carbons (Fsp3) is 0.267. The van der Waals surface area contributed by atoms with Crippen LogP contribution in [-0.4, -0.2) is 28.0 Å². The molecule has 0 saturated heterocycles. The van der Waals surface area contributed by atoms with Crippen LogP contribution in [0.25, 0.3) is 9.88 Å². The molecule has 0 aliphatic carbocycles. The van der Waals surface area contributed by atoms with Gasteiger partial charge in [0.1, 0.15) is 15.9 Å². The first-order chi connectivity index (χ1) is 10.5. The molecule has 2 heterocycles. The molecule has 2 aromatic heterocycles. The summed E-state index contributed by atoms with van der Waals surface area (Å²) in [5, 5.41) is 14.4. The summed E-state index contributed by atoms with van der Waals surface area (Å²) in [7, 11) is 0. The minimum Gasteiger partial charge on any atom is -0.480 e. The molecule has 5 nitrogen and oxygen atoms in total. The SMILES string of the molecule is C=CCCC(NC(=O)c1sc(-c2cccs2)nc1C)C(=O)O. The molecule has 0 bridgehead atoms. The highest BCUT2D eigenvalue weighted by molar-refractivity contribution is 7.22. The van der Waals surface area contributed by atoms with Crippen LogP contribution < -0.4 is 5.32 Å². The number of rotatable bonds is 7. The summed E-state index contributed by atoms with van der Waals surface area (Å²) in [5.74, 6) is -1.44. The van der Waals surface area contributed by atoms with E-state index in [1.54, 1.807) is 24.3 Å². The first kappa shape index (κ1) is 16.4. The van der Waals surface area contributed by atoms with Gasteiger partial charge in [0, 0.05) is 0 Å². The van der Waals surface area contributed by atoms with Crippen LogP contribution in [0.1, 0.15) is 28.2 Å². The summed E-state index contributed by atoms with van der Waals surface area (Å²) < 4.78 is 0. The molecule has 0 spiro atoms. The lowest BCUT2D eigenvalue weighted by molar-refractivity contribution is -0.139. The number of carboxylic acid groups (broad SMARTS) is 1. The highest BCUT2D eigenvalue weighted by Crippen LogP contribution is 2.31. The van der Waals surface area contributed by atoms with Crippen LogP contribution in [0.5, 0.6) is 0 Å². The van der Waals surface area contributed by atoms with Crippen LogP contribution in [0.3, 0.4) is 0 Å². The van der Waals surface area contributed by atoms with Crippen molar-refractivity contribution in [3.63, 3.8) is 0 Å². The molecule has 2 N–H and O–H groups in total. The average molecular weight is 336 g/mol. The fourth-order valence-corrected chi connectivity index (χ4v) is 3.64. The number of nitrogens with zero attached hydrogens (tertiary/aromatic N) is 1. The molecule has 1 amide bonds. The summed E-state index contributed by atoms with van der Waals surface area (Å²) in [6, 6.07) is 2.94. The highest BCUT2D eigenvalue weighted by atomic mass is 32.1. The Balaban J connectivity index is 2.15. The van der Waals surface area contributed by atoms with E-state index in [4.69, 9.17) is 5.11 Å². The molecule has 0 radical (unpaired) electrons. The van der Waals surface area contributed by atoms with Gasteiger partial charge in [-0.2, -0.15) is 0 Å². The van der Waals surface area contributed by atoms with E-state index in [1.807, 2.05) is 17.5 Å². The number of aromatic nitrogens is 1. The number of hydrogen-bond donors (Lipinski definition) is 2. The Morgan fingerprint density at radius 3 is 2.91 bits per heavy atom. The zero-order valence-corrected chi connectivity index (χ0v) is 13.7. The van der Waals surface area contributed by atoms with E-state index in [0.29, 0.717) is 23.4 Å². The molecule has 1 atom stereocenters. The van der Waals surface area contributed by atoms with Crippen molar-refractivity contribution < 1.29 is 14.7 Å². The molecular weight excluding hydrogens is 320 g/mol. The minimum atomic E-state index is -1.05. The lowest BCUT2D eigenvalue weighted by Gasteiger charge is -2.12. The van der Waals surface area contributed by atoms with E-state index in [0.717, 1.165) is 9.88 Å². The fourth-order valence-electron chi connectivity index (χ4n) is 1.88. The molecule has 116 valence electrons. The van der Waals surface area contributed by atoms with E-state index in [9.17, 15) is 9.59 Å². The lowest BCUT2D eigenvalue weighted by atomic mass is 10.1. The minimum absolute atomic E-state index is 0.320. The number of nitrogens with one attached hydrogen (secondary N) is 1. The Morgan fingerprint density at radius 2 is 2.32 bits per heavy atom. The molecule has 0 aromatic carbocycles. The number of thiazole rings is 1. The van der Waals surface area contributed by atoms with Gasteiger partial charge in [0.2, 0.25) is 0 Å². The average Bonchev–Trinajstić information content (AvgIpc) is 3.11. The van der Waals surface area contributed by atoms with Gasteiger partial charge in [0.05, 0.1) is 10.6 Å². The highest BCUT2D eigenvalue weighted by Gasteiger charge is 2.23. The molecule has 7 heteroatoms. The number of aliphatic carboxylic acids is 1. The third-order valence-corrected chi connectivity index (χ3v) is 5.19. The van der Waals surface area contributed by atoms with Gasteiger partial charge in [-0.05, 0) is 31.2 Å². The number of aryl methyl sites for hydroxylation is 1. The van der Waals surface area contributed by atoms with Crippen molar-refractivity contribution in [3.8, 4) is 9.88 Å². The Hall–Kier alpha value is -1.99. The number of amides is 1. The molecule has 2 rings (SSSR count). The van der Waals surface area contributed by atoms with Gasteiger partial charge in [-0.15, -0.1) is 29.3 Å². The van der Waals surface area contributed by atoms with Crippen LogP contribution in [-0.2, 0) is 4.79 Å². The molecule has 22 heavy (non-hydrogen) atoms. The Morgan fingerprint density at radius 1 is 1.55 bits per heavy atom. The van der Waals surface area contributed by atoms with Crippen molar-refractivity contribution in [2.24, 2.45) is 0 Å². The standard InChI is InChI=1S/C15H16N2O3S2/c1-3-4-6-10(15(19)20)17-13(18)12-9(2)16-14(22-12)11-7-5-8-21-11/h3,5,7-8,10H,1,4,6H2,2H3,(H,17,18)(H,19,20). The first-order valence-electron chi connectivity index (χ1n) is 6.68. The van der Waals surface area contributed by atoms with Crippen LogP contribution >= 0.6 is 22.7 Å². The second-order valence-corrected chi connectivity index (χ2v) is 6.59. The van der Waals surface area contributed by atoms with Crippen LogP contribution in [0, 0.1) is 6.92 Å². The largest absolute Gasteiger partial charge is 0.480 e. The number of thiophene rings is 1. The molecule has 2 aromatic rings. The van der Waals surface area contributed by atoms with Crippen molar-refractivity contribution in [2.75, 3.05) is 0 Å². The normalized spacial score (nSPS) is 11.9. The molecule has 1 unspecified atom stereocenters. The number of allylic oxidation sites excluding steroid dienone is 1. The molecular formula is C15H16N2O3S2. The maximum Gasteiger partial charge on any atom is 0.326 e. The van der Waals surface area contributed by atoms with Gasteiger partial charge >= 0.3 is 5.97 Å². The maximum atomic E-state index is 12.3. The van der Waals surface area contributed by atoms with Crippen molar-refractivity contribution in [3.05, 3.63) is 40.7 Å². The Labute approximate surface area is 136 Å². The van der Waals surface area contributed by atoms with Gasteiger partial charge in [-0.3, -0.25) is 4.79 Å². The van der Waals surface area contributed by atoms with Crippen LogP contribution in [0.2, 0.25) is 0 Å². The smallest absolute Gasteiger partial charge is 0.326 e. The number of carboxylic acids is 1. The zero-order chi connectivity index (χ0) is 16.1. The van der Waals surface area contributed by atoms with Crippen molar-refractivity contribution in [1.29, 1.82) is 0 Å². The van der Waals surface area contributed by atoms with Crippen molar-refractivity contribution >= 4 is 34.6 Å². The second-order valence-electron chi connectivity index (χ2n) is 4.64. The Bertz CT molecular complexity index is 677. The van der Waals surface area contributed by atoms with Gasteiger partial charge in [-0.25, -0.2) is 9.78 Å². The topological polar surface area (TPSA) is 79.3 Å². The van der Waals surface area contributed by atoms with Gasteiger partial charge in [0.25, 0.3) is 5.91 Å². The van der Waals surface area contributed by atoms with Crippen molar-refractivity contribution in [1.82, 2.24) is 10.3 Å². The van der Waals surface area contributed by atoms with Crippen molar-refractivity contribution in [2.45, 2.75) is 25.8 Å². The monoisotopic (exact) mass is 336 g/mol. The third-order valence-electron chi connectivity index (χ3n) is 3.00.